The maximum Gasteiger partial charge on any atom is 0.336 e. The first kappa shape index (κ1) is 17.4. The van der Waals surface area contributed by atoms with Crippen LogP contribution >= 0.6 is 23.2 Å². The van der Waals surface area contributed by atoms with Crippen molar-refractivity contribution in [3.05, 3.63) is 63.9 Å². The Kier molecular flexibility index (Phi) is 5.01. The summed E-state index contributed by atoms with van der Waals surface area (Å²) in [6.45, 7) is 2.05. The van der Waals surface area contributed by atoms with E-state index < -0.39 is 11.7 Å². The lowest BCUT2D eigenvalue weighted by molar-refractivity contribution is 0.0945. The third-order valence-electron chi connectivity index (χ3n) is 3.33. The normalized spacial score (nSPS) is 10.7. The van der Waals surface area contributed by atoms with Crippen molar-refractivity contribution in [2.45, 2.75) is 6.92 Å². The Morgan fingerprint density at radius 1 is 1.24 bits per heavy atom. The molecule has 0 N–H and O–H groups in total. The molecule has 25 heavy (non-hydrogen) atoms. The molecule has 1 aromatic heterocycles. The summed E-state index contributed by atoms with van der Waals surface area (Å²) in [5.74, 6) is -1.08. The van der Waals surface area contributed by atoms with Crippen LogP contribution in [0.15, 0.2) is 42.5 Å². The lowest BCUT2D eigenvalue weighted by atomic mass is 10.2. The van der Waals surface area contributed by atoms with Crippen molar-refractivity contribution in [1.82, 2.24) is 14.8 Å². The van der Waals surface area contributed by atoms with Crippen molar-refractivity contribution >= 4 is 29.1 Å². The Balaban J connectivity index is 2.14. The largest absolute Gasteiger partial charge is 0.463 e. The quantitative estimate of drug-likeness (QED) is 0.670. The number of carbonyl (C=O) groups excluding carboxylic acids is 1. The van der Waals surface area contributed by atoms with Crippen LogP contribution < -0.4 is 4.74 Å². The Labute approximate surface area is 153 Å². The van der Waals surface area contributed by atoms with Crippen molar-refractivity contribution in [3.8, 4) is 17.4 Å². The highest BCUT2D eigenvalue weighted by Gasteiger charge is 2.23. The average molecular weight is 380 g/mol. The maximum absolute atomic E-state index is 14.2. The van der Waals surface area contributed by atoms with Crippen molar-refractivity contribution in [2.24, 2.45) is 0 Å². The average Bonchev–Trinajstić information content (AvgIpc) is 2.99. The number of hydrogen-bond acceptors (Lipinski definition) is 4. The highest BCUT2D eigenvalue weighted by molar-refractivity contribution is 6.36. The van der Waals surface area contributed by atoms with Gasteiger partial charge in [-0.05, 0) is 37.3 Å². The van der Waals surface area contributed by atoms with E-state index in [0.717, 1.165) is 4.68 Å². The Bertz CT molecular complexity index is 943. The highest BCUT2D eigenvalue weighted by atomic mass is 35.5. The predicted octanol–water partition coefficient (Wildman–Crippen LogP) is 4.48. The van der Waals surface area contributed by atoms with Gasteiger partial charge in [-0.2, -0.15) is 9.67 Å². The van der Waals surface area contributed by atoms with E-state index >= 15 is 0 Å². The molecule has 0 aliphatic rings. The van der Waals surface area contributed by atoms with Crippen LogP contribution in [0.25, 0.3) is 11.4 Å². The standard InChI is InChI=1S/C17H12Cl2FN3O2/c1-2-25-17-21-15(12-5-3-4-6-14(12)20)23(22-17)16(24)11-8-7-10(18)9-13(11)19/h3-9H,2H2,1H3. The van der Waals surface area contributed by atoms with Crippen molar-refractivity contribution in [3.63, 3.8) is 0 Å². The second-order valence-corrected chi connectivity index (χ2v) is 5.82. The first-order valence-corrected chi connectivity index (χ1v) is 8.11. The van der Waals surface area contributed by atoms with Gasteiger partial charge < -0.3 is 4.74 Å². The molecule has 0 bridgehead atoms. The van der Waals surface area contributed by atoms with Gasteiger partial charge in [0.25, 0.3) is 5.91 Å². The molecule has 0 saturated heterocycles. The van der Waals surface area contributed by atoms with Gasteiger partial charge in [0, 0.05) is 5.02 Å². The van der Waals surface area contributed by atoms with Crippen molar-refractivity contribution in [2.75, 3.05) is 6.61 Å². The SMILES string of the molecule is CCOc1nc(-c2ccccc2F)n(C(=O)c2ccc(Cl)cc2Cl)n1. The smallest absolute Gasteiger partial charge is 0.336 e. The summed E-state index contributed by atoms with van der Waals surface area (Å²) in [5.41, 5.74) is 0.288. The molecule has 0 aliphatic heterocycles. The second-order valence-electron chi connectivity index (χ2n) is 4.97. The minimum Gasteiger partial charge on any atom is -0.463 e. The molecule has 8 heteroatoms. The van der Waals surface area contributed by atoms with E-state index in [4.69, 9.17) is 27.9 Å². The molecular formula is C17H12Cl2FN3O2. The molecule has 0 fully saturated rings. The van der Waals surface area contributed by atoms with E-state index in [0.29, 0.717) is 11.6 Å². The molecule has 5 nitrogen and oxygen atoms in total. The fraction of sp³-hybridized carbons (Fsp3) is 0.118. The van der Waals surface area contributed by atoms with E-state index in [2.05, 4.69) is 10.1 Å². The number of hydrogen-bond donors (Lipinski definition) is 0. The fourth-order valence-corrected chi connectivity index (χ4v) is 2.71. The minimum atomic E-state index is -0.571. The number of nitrogens with zero attached hydrogens (tertiary/aromatic N) is 3. The summed E-state index contributed by atoms with van der Waals surface area (Å²) in [4.78, 5) is 17.0. The zero-order valence-electron chi connectivity index (χ0n) is 13.0. The number of halogens is 3. The van der Waals surface area contributed by atoms with E-state index in [9.17, 15) is 9.18 Å². The zero-order chi connectivity index (χ0) is 18.0. The van der Waals surface area contributed by atoms with Gasteiger partial charge in [0.15, 0.2) is 5.82 Å². The molecular weight excluding hydrogens is 368 g/mol. The van der Waals surface area contributed by atoms with Crippen molar-refractivity contribution < 1.29 is 13.9 Å². The summed E-state index contributed by atoms with van der Waals surface area (Å²) in [5, 5.41) is 4.58. The van der Waals surface area contributed by atoms with E-state index in [-0.39, 0.29) is 28.0 Å². The molecule has 0 amide bonds. The van der Waals surface area contributed by atoms with Gasteiger partial charge in [-0.1, -0.05) is 35.3 Å². The molecule has 3 aromatic rings. The molecule has 0 saturated carbocycles. The zero-order valence-corrected chi connectivity index (χ0v) is 14.6. The van der Waals surface area contributed by atoms with E-state index in [1.807, 2.05) is 0 Å². The summed E-state index contributed by atoms with van der Waals surface area (Å²) in [6.07, 6.45) is 0. The molecule has 2 aromatic carbocycles. The van der Waals surface area contributed by atoms with Crippen LogP contribution in [0.3, 0.4) is 0 Å². The molecule has 0 atom stereocenters. The molecule has 0 unspecified atom stereocenters. The van der Waals surface area contributed by atoms with Gasteiger partial charge in [-0.25, -0.2) is 4.39 Å². The summed E-state index contributed by atoms with van der Waals surface area (Å²) in [6, 6.07) is 10.4. The molecule has 0 aliphatic carbocycles. The molecule has 1 heterocycles. The van der Waals surface area contributed by atoms with Crippen LogP contribution in [-0.2, 0) is 0 Å². The van der Waals surface area contributed by atoms with Crippen LogP contribution in [-0.4, -0.2) is 27.3 Å². The summed E-state index contributed by atoms with van der Waals surface area (Å²) in [7, 11) is 0. The number of rotatable bonds is 4. The first-order valence-electron chi connectivity index (χ1n) is 7.35. The van der Waals surface area contributed by atoms with Gasteiger partial charge >= 0.3 is 6.01 Å². The lowest BCUT2D eigenvalue weighted by Crippen LogP contribution is -2.16. The van der Waals surface area contributed by atoms with Gasteiger partial charge in [0.2, 0.25) is 0 Å². The van der Waals surface area contributed by atoms with Crippen LogP contribution in [0.5, 0.6) is 6.01 Å². The van der Waals surface area contributed by atoms with Gasteiger partial charge in [0.1, 0.15) is 5.82 Å². The van der Waals surface area contributed by atoms with E-state index in [1.54, 1.807) is 19.1 Å². The van der Waals surface area contributed by atoms with Crippen molar-refractivity contribution in [1.29, 1.82) is 0 Å². The van der Waals surface area contributed by atoms with Gasteiger partial charge in [-0.3, -0.25) is 4.79 Å². The van der Waals surface area contributed by atoms with Crippen LogP contribution in [0.1, 0.15) is 17.3 Å². The van der Waals surface area contributed by atoms with Gasteiger partial charge in [-0.15, -0.1) is 5.10 Å². The summed E-state index contributed by atoms with van der Waals surface area (Å²) < 4.78 is 20.4. The minimum absolute atomic E-state index is 0.0255. The molecule has 128 valence electrons. The molecule has 3 rings (SSSR count). The third kappa shape index (κ3) is 3.50. The number of ether oxygens (including phenoxy) is 1. The fourth-order valence-electron chi connectivity index (χ4n) is 2.22. The highest BCUT2D eigenvalue weighted by Crippen LogP contribution is 2.26. The third-order valence-corrected chi connectivity index (χ3v) is 3.88. The number of aromatic nitrogens is 3. The summed E-state index contributed by atoms with van der Waals surface area (Å²) >= 11 is 12.0. The van der Waals surface area contributed by atoms with Crippen LogP contribution in [0.4, 0.5) is 4.39 Å². The Hall–Kier alpha value is -2.44. The Morgan fingerprint density at radius 3 is 2.68 bits per heavy atom. The first-order chi connectivity index (χ1) is 12.0. The molecule has 0 radical (unpaired) electrons. The van der Waals surface area contributed by atoms with Crippen LogP contribution in [0.2, 0.25) is 10.0 Å². The Morgan fingerprint density at radius 2 is 2.00 bits per heavy atom. The second kappa shape index (κ2) is 7.21. The monoisotopic (exact) mass is 379 g/mol. The topological polar surface area (TPSA) is 57.0 Å². The molecule has 0 spiro atoms. The van der Waals surface area contributed by atoms with Gasteiger partial charge in [0.05, 0.1) is 22.8 Å². The lowest BCUT2D eigenvalue weighted by Gasteiger charge is -2.07. The maximum atomic E-state index is 14.2. The predicted molar refractivity (Wildman–Crippen MR) is 92.8 cm³/mol. The van der Waals surface area contributed by atoms with E-state index in [1.165, 1.54) is 30.3 Å². The van der Waals surface area contributed by atoms with Crippen LogP contribution in [0, 0.1) is 5.82 Å². The number of carbonyl (C=O) groups is 1. The number of benzene rings is 2.